The Morgan fingerprint density at radius 1 is 1.29 bits per heavy atom. The van der Waals surface area contributed by atoms with E-state index in [1.54, 1.807) is 0 Å². The average Bonchev–Trinajstić information content (AvgIpc) is 2.65. The van der Waals surface area contributed by atoms with E-state index in [1.165, 1.54) is 6.07 Å². The smallest absolute Gasteiger partial charge is 0.339 e. The summed E-state index contributed by atoms with van der Waals surface area (Å²) in [5.74, 6) is 0. The summed E-state index contributed by atoms with van der Waals surface area (Å²) >= 11 is 0. The van der Waals surface area contributed by atoms with Gasteiger partial charge in [-0.1, -0.05) is 24.3 Å². The number of H-pyrrole nitrogens is 1. The number of hydrogen-bond donors (Lipinski definition) is 2. The van der Waals surface area contributed by atoms with Gasteiger partial charge >= 0.3 is 5.63 Å². The molecule has 0 aliphatic rings. The molecule has 1 heterocycles. The molecule has 0 atom stereocenters. The van der Waals surface area contributed by atoms with Crippen LogP contribution < -0.4 is 11.4 Å². The van der Waals surface area contributed by atoms with Crippen molar-refractivity contribution in [1.82, 2.24) is 5.16 Å². The predicted molar refractivity (Wildman–Crippen MR) is 52.7 cm³/mol. The second kappa shape index (κ2) is 3.51. The Morgan fingerprint density at radius 3 is 2.50 bits per heavy atom. The van der Waals surface area contributed by atoms with Crippen molar-refractivity contribution in [3.05, 3.63) is 46.3 Å². The molecule has 0 saturated carbocycles. The zero-order valence-corrected chi connectivity index (χ0v) is 7.49. The number of hydrogen-bond acceptors (Lipinski definition) is 3. The first-order valence-corrected chi connectivity index (χ1v) is 4.27. The van der Waals surface area contributed by atoms with Crippen LogP contribution in [0, 0.1) is 0 Å². The van der Waals surface area contributed by atoms with E-state index in [0.717, 1.165) is 11.1 Å². The van der Waals surface area contributed by atoms with Gasteiger partial charge in [-0.15, -0.1) is 0 Å². The maximum Gasteiger partial charge on any atom is 0.357 e. The number of nitrogens with one attached hydrogen (secondary N) is 1. The fourth-order valence-electron chi connectivity index (χ4n) is 1.24. The standard InChI is InChI=1S/C10H10N2O2/c11-6-7-1-3-8(4-2-7)9-5-10(13)14-12-9/h1-5,12H,6,11H2. The maximum absolute atomic E-state index is 10.8. The molecular formula is C10H10N2O2. The number of nitrogens with two attached hydrogens (primary N) is 1. The Kier molecular flexibility index (Phi) is 2.20. The van der Waals surface area contributed by atoms with Crippen LogP contribution in [0.2, 0.25) is 0 Å². The maximum atomic E-state index is 10.8. The minimum atomic E-state index is -0.372. The van der Waals surface area contributed by atoms with Gasteiger partial charge in [-0.05, 0) is 5.56 Å². The van der Waals surface area contributed by atoms with Crippen molar-refractivity contribution < 1.29 is 4.52 Å². The molecule has 14 heavy (non-hydrogen) atoms. The van der Waals surface area contributed by atoms with Crippen molar-refractivity contribution in [2.75, 3.05) is 0 Å². The summed E-state index contributed by atoms with van der Waals surface area (Å²) in [5.41, 5.74) is 7.74. The lowest BCUT2D eigenvalue weighted by atomic mass is 10.1. The van der Waals surface area contributed by atoms with Gasteiger partial charge in [0.1, 0.15) is 0 Å². The third kappa shape index (κ3) is 1.60. The molecule has 1 aromatic carbocycles. The molecule has 2 rings (SSSR count). The third-order valence-electron chi connectivity index (χ3n) is 2.02. The molecule has 72 valence electrons. The molecule has 0 spiro atoms. The monoisotopic (exact) mass is 190 g/mol. The zero-order chi connectivity index (χ0) is 9.97. The summed E-state index contributed by atoms with van der Waals surface area (Å²) in [4.78, 5) is 10.8. The second-order valence-electron chi connectivity index (χ2n) is 2.98. The van der Waals surface area contributed by atoms with Crippen molar-refractivity contribution in [3.63, 3.8) is 0 Å². The quantitative estimate of drug-likeness (QED) is 0.744. The van der Waals surface area contributed by atoms with Gasteiger partial charge in [-0.3, -0.25) is 0 Å². The normalized spacial score (nSPS) is 10.4. The van der Waals surface area contributed by atoms with Gasteiger partial charge in [-0.2, -0.15) is 0 Å². The molecular weight excluding hydrogens is 180 g/mol. The lowest BCUT2D eigenvalue weighted by Gasteiger charge is -1.98. The summed E-state index contributed by atoms with van der Waals surface area (Å²) in [5, 5.41) is 2.54. The fraction of sp³-hybridized carbons (Fsp3) is 0.100. The average molecular weight is 190 g/mol. The van der Waals surface area contributed by atoms with E-state index in [2.05, 4.69) is 9.68 Å². The minimum absolute atomic E-state index is 0.372. The van der Waals surface area contributed by atoms with Crippen molar-refractivity contribution in [3.8, 4) is 11.3 Å². The summed E-state index contributed by atoms with van der Waals surface area (Å²) in [6, 6.07) is 9.03. The molecule has 3 N–H and O–H groups in total. The third-order valence-corrected chi connectivity index (χ3v) is 2.02. The van der Waals surface area contributed by atoms with Crippen LogP contribution in [0.15, 0.2) is 39.6 Å². The Morgan fingerprint density at radius 2 is 2.00 bits per heavy atom. The second-order valence-corrected chi connectivity index (χ2v) is 2.98. The molecule has 0 aliphatic carbocycles. The molecule has 0 unspecified atom stereocenters. The van der Waals surface area contributed by atoms with Crippen LogP contribution in [-0.2, 0) is 6.54 Å². The largest absolute Gasteiger partial charge is 0.357 e. The lowest BCUT2D eigenvalue weighted by Crippen LogP contribution is -1.95. The van der Waals surface area contributed by atoms with Crippen LogP contribution in [-0.4, -0.2) is 5.16 Å². The summed E-state index contributed by atoms with van der Waals surface area (Å²) in [7, 11) is 0. The number of rotatable bonds is 2. The first-order valence-electron chi connectivity index (χ1n) is 4.27. The molecule has 0 bridgehead atoms. The highest BCUT2D eigenvalue weighted by Crippen LogP contribution is 2.15. The van der Waals surface area contributed by atoms with E-state index < -0.39 is 0 Å². The van der Waals surface area contributed by atoms with E-state index >= 15 is 0 Å². The van der Waals surface area contributed by atoms with Crippen LogP contribution >= 0.6 is 0 Å². The molecule has 1 aromatic heterocycles. The van der Waals surface area contributed by atoms with E-state index in [0.29, 0.717) is 12.2 Å². The van der Waals surface area contributed by atoms with Crippen molar-refractivity contribution in [1.29, 1.82) is 0 Å². The molecule has 0 aliphatic heterocycles. The van der Waals surface area contributed by atoms with Crippen LogP contribution in [0.1, 0.15) is 5.56 Å². The molecule has 4 heteroatoms. The molecule has 0 saturated heterocycles. The fourth-order valence-corrected chi connectivity index (χ4v) is 1.24. The number of benzene rings is 1. The van der Waals surface area contributed by atoms with E-state index in [-0.39, 0.29) is 5.63 Å². The molecule has 0 radical (unpaired) electrons. The van der Waals surface area contributed by atoms with Crippen LogP contribution in [0.3, 0.4) is 0 Å². The van der Waals surface area contributed by atoms with Gasteiger partial charge in [0, 0.05) is 12.1 Å². The Labute approximate surface area is 80.3 Å². The van der Waals surface area contributed by atoms with Gasteiger partial charge in [-0.25, -0.2) is 9.95 Å². The zero-order valence-electron chi connectivity index (χ0n) is 7.49. The van der Waals surface area contributed by atoms with Gasteiger partial charge in [0.15, 0.2) is 0 Å². The first-order chi connectivity index (χ1) is 6.79. The highest BCUT2D eigenvalue weighted by atomic mass is 16.5. The van der Waals surface area contributed by atoms with Crippen molar-refractivity contribution in [2.24, 2.45) is 5.73 Å². The number of aromatic nitrogens is 1. The van der Waals surface area contributed by atoms with E-state index in [4.69, 9.17) is 5.73 Å². The summed E-state index contributed by atoms with van der Waals surface area (Å²) in [6.07, 6.45) is 0. The SMILES string of the molecule is NCc1ccc(-c2cc(=O)o[nH]2)cc1. The lowest BCUT2D eigenvalue weighted by molar-refractivity contribution is 0.394. The molecule has 4 nitrogen and oxygen atoms in total. The van der Waals surface area contributed by atoms with E-state index in [9.17, 15) is 4.79 Å². The molecule has 0 fully saturated rings. The van der Waals surface area contributed by atoms with Gasteiger partial charge < -0.3 is 10.3 Å². The van der Waals surface area contributed by atoms with Crippen LogP contribution in [0.5, 0.6) is 0 Å². The van der Waals surface area contributed by atoms with E-state index in [1.807, 2.05) is 24.3 Å². The van der Waals surface area contributed by atoms with Crippen molar-refractivity contribution >= 4 is 0 Å². The Bertz CT molecular complexity index is 467. The molecule has 2 aromatic rings. The molecule has 0 amide bonds. The highest BCUT2D eigenvalue weighted by Gasteiger charge is 2.01. The predicted octanol–water partition coefficient (Wildman–Crippen LogP) is 1.09. The summed E-state index contributed by atoms with van der Waals surface area (Å²) in [6.45, 7) is 0.516. The first kappa shape index (κ1) is 8.77. The number of aromatic amines is 1. The van der Waals surface area contributed by atoms with Gasteiger partial charge in [0.2, 0.25) is 0 Å². The van der Waals surface area contributed by atoms with Crippen LogP contribution in [0.4, 0.5) is 0 Å². The summed E-state index contributed by atoms with van der Waals surface area (Å²) < 4.78 is 4.57. The van der Waals surface area contributed by atoms with Gasteiger partial charge in [0.05, 0.1) is 11.8 Å². The Hall–Kier alpha value is -1.81. The topological polar surface area (TPSA) is 72.0 Å². The van der Waals surface area contributed by atoms with Crippen molar-refractivity contribution in [2.45, 2.75) is 6.54 Å². The highest BCUT2D eigenvalue weighted by molar-refractivity contribution is 5.58. The Balaban J connectivity index is 2.38. The van der Waals surface area contributed by atoms with Gasteiger partial charge in [0.25, 0.3) is 0 Å². The van der Waals surface area contributed by atoms with Crippen LogP contribution in [0.25, 0.3) is 11.3 Å². The minimum Gasteiger partial charge on any atom is -0.339 e.